The van der Waals surface area contributed by atoms with Gasteiger partial charge in [-0.25, -0.2) is 9.97 Å². The first-order chi connectivity index (χ1) is 11.0. The number of rotatable bonds is 5. The van der Waals surface area contributed by atoms with Crippen LogP contribution in [0.5, 0.6) is 0 Å². The first kappa shape index (κ1) is 17.0. The standard InChI is InChI=1S/C16H18N4O2S/c1-4-14-13(9-17-16(20-14)23-3)15(22)19-12-7-5-11(6-8-12)18-10(2)21/h5-9H,4H2,1-3H3,(H,18,21)(H,19,22). The van der Waals surface area contributed by atoms with Crippen LogP contribution in [0.2, 0.25) is 0 Å². The Hall–Kier alpha value is -2.41. The fourth-order valence-corrected chi connectivity index (χ4v) is 2.35. The predicted molar refractivity (Wildman–Crippen MR) is 91.9 cm³/mol. The number of benzene rings is 1. The Morgan fingerprint density at radius 3 is 2.26 bits per heavy atom. The van der Waals surface area contributed by atoms with Gasteiger partial charge in [-0.1, -0.05) is 18.7 Å². The van der Waals surface area contributed by atoms with Gasteiger partial charge < -0.3 is 10.6 Å². The molecule has 23 heavy (non-hydrogen) atoms. The van der Waals surface area contributed by atoms with Gasteiger partial charge >= 0.3 is 0 Å². The minimum Gasteiger partial charge on any atom is -0.326 e. The van der Waals surface area contributed by atoms with Crippen LogP contribution < -0.4 is 10.6 Å². The highest BCUT2D eigenvalue weighted by Crippen LogP contribution is 2.17. The smallest absolute Gasteiger partial charge is 0.259 e. The van der Waals surface area contributed by atoms with Gasteiger partial charge in [-0.15, -0.1) is 0 Å². The number of aryl methyl sites for hydroxylation is 1. The van der Waals surface area contributed by atoms with Crippen molar-refractivity contribution >= 4 is 35.0 Å². The molecule has 7 heteroatoms. The molecule has 1 heterocycles. The van der Waals surface area contributed by atoms with Crippen LogP contribution in [-0.4, -0.2) is 28.0 Å². The second kappa shape index (κ2) is 7.73. The summed E-state index contributed by atoms with van der Waals surface area (Å²) < 4.78 is 0. The molecule has 1 aromatic heterocycles. The third-order valence-electron chi connectivity index (χ3n) is 3.07. The molecule has 2 N–H and O–H groups in total. The molecular formula is C16H18N4O2S. The van der Waals surface area contributed by atoms with Gasteiger partial charge in [-0.2, -0.15) is 0 Å². The van der Waals surface area contributed by atoms with Crippen molar-refractivity contribution < 1.29 is 9.59 Å². The molecule has 1 aromatic carbocycles. The number of carbonyl (C=O) groups excluding carboxylic acids is 2. The van der Waals surface area contributed by atoms with Crippen LogP contribution in [0.1, 0.15) is 29.9 Å². The quantitative estimate of drug-likeness (QED) is 0.650. The van der Waals surface area contributed by atoms with Gasteiger partial charge in [0, 0.05) is 24.5 Å². The molecular weight excluding hydrogens is 312 g/mol. The van der Waals surface area contributed by atoms with Gasteiger partial charge in [0.05, 0.1) is 11.3 Å². The Kier molecular flexibility index (Phi) is 5.70. The third kappa shape index (κ3) is 4.53. The van der Waals surface area contributed by atoms with E-state index in [1.54, 1.807) is 30.5 Å². The van der Waals surface area contributed by atoms with Crippen molar-refractivity contribution in [2.45, 2.75) is 25.4 Å². The lowest BCUT2D eigenvalue weighted by Crippen LogP contribution is -2.16. The van der Waals surface area contributed by atoms with Crippen molar-refractivity contribution in [2.75, 3.05) is 16.9 Å². The molecule has 0 spiro atoms. The average molecular weight is 330 g/mol. The summed E-state index contributed by atoms with van der Waals surface area (Å²) in [6, 6.07) is 6.91. The Labute approximate surface area is 139 Å². The van der Waals surface area contributed by atoms with Crippen molar-refractivity contribution in [3.63, 3.8) is 0 Å². The summed E-state index contributed by atoms with van der Waals surface area (Å²) in [5.74, 6) is -0.387. The van der Waals surface area contributed by atoms with Gasteiger partial charge in [0.2, 0.25) is 5.91 Å². The summed E-state index contributed by atoms with van der Waals surface area (Å²) in [4.78, 5) is 31.9. The minimum atomic E-state index is -0.248. The molecule has 0 aliphatic rings. The lowest BCUT2D eigenvalue weighted by atomic mass is 10.1. The third-order valence-corrected chi connectivity index (χ3v) is 3.63. The highest BCUT2D eigenvalue weighted by atomic mass is 32.2. The number of aromatic nitrogens is 2. The van der Waals surface area contributed by atoms with Gasteiger partial charge in [0.25, 0.3) is 5.91 Å². The van der Waals surface area contributed by atoms with E-state index in [9.17, 15) is 9.59 Å². The van der Waals surface area contributed by atoms with E-state index in [1.807, 2.05) is 13.2 Å². The van der Waals surface area contributed by atoms with Crippen LogP contribution in [0.25, 0.3) is 0 Å². The summed E-state index contributed by atoms with van der Waals surface area (Å²) in [5.41, 5.74) is 2.51. The molecule has 0 radical (unpaired) electrons. The molecule has 0 bridgehead atoms. The van der Waals surface area contributed by atoms with E-state index in [-0.39, 0.29) is 11.8 Å². The monoisotopic (exact) mass is 330 g/mol. The molecule has 0 atom stereocenters. The van der Waals surface area contributed by atoms with Crippen LogP contribution in [0, 0.1) is 0 Å². The summed E-state index contributed by atoms with van der Waals surface area (Å²) in [7, 11) is 0. The van der Waals surface area contributed by atoms with Gasteiger partial charge in [-0.05, 0) is 36.9 Å². The highest BCUT2D eigenvalue weighted by Gasteiger charge is 2.13. The van der Waals surface area contributed by atoms with E-state index >= 15 is 0 Å². The number of hydrogen-bond donors (Lipinski definition) is 2. The van der Waals surface area contributed by atoms with Crippen molar-refractivity contribution in [3.05, 3.63) is 41.7 Å². The largest absolute Gasteiger partial charge is 0.326 e. The molecule has 0 unspecified atom stereocenters. The molecule has 0 fully saturated rings. The molecule has 0 saturated carbocycles. The predicted octanol–water partition coefficient (Wildman–Crippen LogP) is 2.97. The SMILES string of the molecule is CCc1nc(SC)ncc1C(=O)Nc1ccc(NC(C)=O)cc1. The molecule has 0 aliphatic carbocycles. The zero-order chi connectivity index (χ0) is 16.8. The van der Waals surface area contributed by atoms with E-state index in [1.165, 1.54) is 18.7 Å². The first-order valence-electron chi connectivity index (χ1n) is 7.12. The number of nitrogens with zero attached hydrogens (tertiary/aromatic N) is 2. The van der Waals surface area contributed by atoms with Gasteiger partial charge in [0.1, 0.15) is 0 Å². The number of carbonyl (C=O) groups is 2. The number of thioether (sulfide) groups is 1. The second-order valence-corrected chi connectivity index (χ2v) is 5.56. The van der Waals surface area contributed by atoms with Crippen molar-refractivity contribution in [2.24, 2.45) is 0 Å². The van der Waals surface area contributed by atoms with Crippen LogP contribution >= 0.6 is 11.8 Å². The van der Waals surface area contributed by atoms with Crippen LogP contribution in [0.4, 0.5) is 11.4 Å². The molecule has 2 rings (SSSR count). The average Bonchev–Trinajstić information content (AvgIpc) is 2.55. The van der Waals surface area contributed by atoms with Crippen molar-refractivity contribution in [3.8, 4) is 0 Å². The lowest BCUT2D eigenvalue weighted by molar-refractivity contribution is -0.114. The van der Waals surface area contributed by atoms with Gasteiger partial charge in [0.15, 0.2) is 5.16 Å². The van der Waals surface area contributed by atoms with Crippen molar-refractivity contribution in [1.82, 2.24) is 9.97 Å². The van der Waals surface area contributed by atoms with E-state index < -0.39 is 0 Å². The van der Waals surface area contributed by atoms with E-state index in [0.29, 0.717) is 28.5 Å². The molecule has 0 saturated heterocycles. The molecule has 6 nitrogen and oxygen atoms in total. The van der Waals surface area contributed by atoms with E-state index in [4.69, 9.17) is 0 Å². The zero-order valence-electron chi connectivity index (χ0n) is 13.2. The highest BCUT2D eigenvalue weighted by molar-refractivity contribution is 7.98. The zero-order valence-corrected chi connectivity index (χ0v) is 14.0. The number of hydrogen-bond acceptors (Lipinski definition) is 5. The number of anilines is 2. The Morgan fingerprint density at radius 1 is 1.13 bits per heavy atom. The molecule has 2 aromatic rings. The topological polar surface area (TPSA) is 84.0 Å². The molecule has 2 amide bonds. The Balaban J connectivity index is 2.14. The normalized spacial score (nSPS) is 10.2. The van der Waals surface area contributed by atoms with Crippen molar-refractivity contribution in [1.29, 1.82) is 0 Å². The molecule has 0 aliphatic heterocycles. The van der Waals surface area contributed by atoms with Crippen LogP contribution in [-0.2, 0) is 11.2 Å². The maximum absolute atomic E-state index is 12.4. The van der Waals surface area contributed by atoms with Gasteiger partial charge in [-0.3, -0.25) is 9.59 Å². The summed E-state index contributed by atoms with van der Waals surface area (Å²) in [6.45, 7) is 3.39. The summed E-state index contributed by atoms with van der Waals surface area (Å²) in [6.07, 6.45) is 4.10. The number of amides is 2. The van der Waals surface area contributed by atoms with Crippen LogP contribution in [0.3, 0.4) is 0 Å². The Morgan fingerprint density at radius 2 is 1.74 bits per heavy atom. The van der Waals surface area contributed by atoms with E-state index in [2.05, 4.69) is 20.6 Å². The van der Waals surface area contributed by atoms with Crippen LogP contribution in [0.15, 0.2) is 35.6 Å². The summed E-state index contributed by atoms with van der Waals surface area (Å²) >= 11 is 1.44. The summed E-state index contributed by atoms with van der Waals surface area (Å²) in [5, 5.41) is 6.14. The fraction of sp³-hybridized carbons (Fsp3) is 0.250. The molecule has 120 valence electrons. The van der Waals surface area contributed by atoms with E-state index in [0.717, 1.165) is 5.69 Å². The fourth-order valence-electron chi connectivity index (χ4n) is 1.99. The maximum atomic E-state index is 12.4. The minimum absolute atomic E-state index is 0.139. The lowest BCUT2D eigenvalue weighted by Gasteiger charge is -2.09. The maximum Gasteiger partial charge on any atom is 0.259 e. The Bertz CT molecular complexity index is 717. The number of nitrogens with one attached hydrogen (secondary N) is 2. The second-order valence-electron chi connectivity index (χ2n) is 4.78. The first-order valence-corrected chi connectivity index (χ1v) is 8.35.